The number of benzene rings is 2. The first kappa shape index (κ1) is 28.1. The molecule has 0 atom stereocenters. The second-order valence-electron chi connectivity index (χ2n) is 11.3. The van der Waals surface area contributed by atoms with Crippen molar-refractivity contribution in [2.24, 2.45) is 11.8 Å². The molecule has 1 aromatic heterocycles. The molecular weight excluding hydrogens is 494 g/mol. The second kappa shape index (κ2) is 12.3. The molecule has 0 spiro atoms. The van der Waals surface area contributed by atoms with Crippen LogP contribution in [0.5, 0.6) is 0 Å². The van der Waals surface area contributed by atoms with Crippen molar-refractivity contribution in [3.8, 4) is 11.3 Å². The Labute approximate surface area is 229 Å². The van der Waals surface area contributed by atoms with E-state index in [-0.39, 0.29) is 18.4 Å². The summed E-state index contributed by atoms with van der Waals surface area (Å²) in [4.78, 5) is 41.2. The number of carbonyl (C=O) groups excluding carboxylic acids is 2. The predicted octanol–water partition coefficient (Wildman–Crippen LogP) is 5.59. The van der Waals surface area contributed by atoms with E-state index in [1.54, 1.807) is 12.1 Å². The van der Waals surface area contributed by atoms with Crippen LogP contribution < -0.4 is 10.6 Å². The number of aromatic nitrogens is 1. The van der Waals surface area contributed by atoms with E-state index in [9.17, 15) is 14.4 Å². The number of aliphatic carboxylic acids is 1. The zero-order valence-corrected chi connectivity index (χ0v) is 22.8. The summed E-state index contributed by atoms with van der Waals surface area (Å²) in [5.41, 5.74) is 2.83. The average Bonchev–Trinajstić information content (AvgIpc) is 2.89. The number of rotatable bonds is 8. The summed E-state index contributed by atoms with van der Waals surface area (Å²) in [6, 6.07) is 16.6. The van der Waals surface area contributed by atoms with Gasteiger partial charge in [-0.25, -0.2) is 9.78 Å². The number of ether oxygens (including phenoxy) is 1. The van der Waals surface area contributed by atoms with Crippen molar-refractivity contribution in [3.05, 3.63) is 65.7 Å². The maximum absolute atomic E-state index is 13.4. The number of nitrogens with zero attached hydrogens (tertiary/aromatic N) is 1. The minimum atomic E-state index is -0.896. The van der Waals surface area contributed by atoms with E-state index in [1.165, 1.54) is 0 Å². The number of nitrogens with one attached hydrogen (secondary N) is 2. The zero-order chi connectivity index (χ0) is 28.0. The van der Waals surface area contributed by atoms with Crippen molar-refractivity contribution in [2.75, 3.05) is 13.1 Å². The predicted molar refractivity (Wildman–Crippen MR) is 151 cm³/mol. The zero-order valence-electron chi connectivity index (χ0n) is 22.8. The van der Waals surface area contributed by atoms with E-state index in [1.807, 2.05) is 63.2 Å². The number of carboxylic acid groups (broad SMARTS) is 1. The molecule has 3 aromatic rings. The molecule has 1 aliphatic rings. The minimum Gasteiger partial charge on any atom is -0.481 e. The number of hydrogen-bond donors (Lipinski definition) is 3. The van der Waals surface area contributed by atoms with Crippen molar-refractivity contribution >= 4 is 28.9 Å². The van der Waals surface area contributed by atoms with Crippen LogP contribution >= 0.6 is 0 Å². The molecule has 3 N–H and O–H groups in total. The SMILES string of the molecule is CC(C)(C)OC(=O)NC[C@H]1CC[C@H](CNC(=O)c2cc(-c3cccc(CC(=O)O)c3)nc3ccccc23)CC1. The van der Waals surface area contributed by atoms with E-state index in [0.29, 0.717) is 47.3 Å². The number of alkyl carbamates (subject to hydrolysis) is 1. The van der Waals surface area contributed by atoms with Crippen LogP contribution in [0.15, 0.2) is 54.6 Å². The Hall–Kier alpha value is -3.94. The lowest BCUT2D eigenvalue weighted by Crippen LogP contribution is -2.37. The molecule has 1 saturated carbocycles. The van der Waals surface area contributed by atoms with Gasteiger partial charge < -0.3 is 20.5 Å². The largest absolute Gasteiger partial charge is 0.481 e. The summed E-state index contributed by atoms with van der Waals surface area (Å²) >= 11 is 0. The highest BCUT2D eigenvalue weighted by Crippen LogP contribution is 2.29. The van der Waals surface area contributed by atoms with Gasteiger partial charge in [-0.3, -0.25) is 9.59 Å². The smallest absolute Gasteiger partial charge is 0.407 e. The molecule has 0 aliphatic heterocycles. The minimum absolute atomic E-state index is 0.0753. The fourth-order valence-corrected chi connectivity index (χ4v) is 5.04. The van der Waals surface area contributed by atoms with E-state index in [4.69, 9.17) is 14.8 Å². The van der Waals surface area contributed by atoms with Crippen molar-refractivity contribution < 1.29 is 24.2 Å². The molecule has 0 unspecified atom stereocenters. The number of hydrogen-bond acceptors (Lipinski definition) is 5. The summed E-state index contributed by atoms with van der Waals surface area (Å²) in [7, 11) is 0. The van der Waals surface area contributed by atoms with E-state index >= 15 is 0 Å². The van der Waals surface area contributed by atoms with Crippen LogP contribution in [0.1, 0.15) is 62.4 Å². The van der Waals surface area contributed by atoms with Crippen LogP contribution in [0.4, 0.5) is 4.79 Å². The van der Waals surface area contributed by atoms with Crippen LogP contribution in [0, 0.1) is 11.8 Å². The summed E-state index contributed by atoms with van der Waals surface area (Å²) < 4.78 is 5.32. The van der Waals surface area contributed by atoms with Crippen LogP contribution in [0.3, 0.4) is 0 Å². The molecule has 2 amide bonds. The van der Waals surface area contributed by atoms with Crippen LogP contribution in [-0.4, -0.2) is 46.8 Å². The molecule has 1 aliphatic carbocycles. The Morgan fingerprint density at radius 3 is 2.26 bits per heavy atom. The van der Waals surface area contributed by atoms with Crippen molar-refractivity contribution in [1.82, 2.24) is 15.6 Å². The third-order valence-electron chi connectivity index (χ3n) is 6.99. The normalized spacial score (nSPS) is 17.4. The van der Waals surface area contributed by atoms with Gasteiger partial charge in [0.15, 0.2) is 0 Å². The molecule has 8 heteroatoms. The molecule has 0 radical (unpaired) electrons. The van der Waals surface area contributed by atoms with Crippen LogP contribution in [0.2, 0.25) is 0 Å². The van der Waals surface area contributed by atoms with Gasteiger partial charge in [-0.2, -0.15) is 0 Å². The number of fused-ring (bicyclic) bond motifs is 1. The maximum Gasteiger partial charge on any atom is 0.407 e. The first-order valence-corrected chi connectivity index (χ1v) is 13.5. The standard InChI is InChI=1S/C31H37N3O5/c1-31(2,3)39-30(38)33-19-21-13-11-20(12-14-21)18-32-29(37)25-17-27(34-26-10-5-4-9-24(25)26)23-8-6-7-22(15-23)16-28(35)36/h4-10,15,17,20-21H,11-14,16,18-19H2,1-3H3,(H,32,37)(H,33,38)(H,35,36)/t20-,21-. The van der Waals surface area contributed by atoms with Gasteiger partial charge in [-0.1, -0.05) is 36.4 Å². The number of para-hydroxylation sites is 1. The highest BCUT2D eigenvalue weighted by molar-refractivity contribution is 6.07. The molecule has 8 nitrogen and oxygen atoms in total. The van der Waals surface area contributed by atoms with Gasteiger partial charge in [0.2, 0.25) is 0 Å². The van der Waals surface area contributed by atoms with Gasteiger partial charge in [-0.05, 0) is 82.1 Å². The molecule has 1 heterocycles. The fourth-order valence-electron chi connectivity index (χ4n) is 5.04. The lowest BCUT2D eigenvalue weighted by Gasteiger charge is -2.29. The fraction of sp³-hybridized carbons (Fsp3) is 0.419. The lowest BCUT2D eigenvalue weighted by atomic mass is 9.82. The lowest BCUT2D eigenvalue weighted by molar-refractivity contribution is -0.136. The van der Waals surface area contributed by atoms with Crippen molar-refractivity contribution in [3.63, 3.8) is 0 Å². The van der Waals surface area contributed by atoms with Gasteiger partial charge in [0.1, 0.15) is 5.60 Å². The van der Waals surface area contributed by atoms with Gasteiger partial charge in [0.05, 0.1) is 23.2 Å². The van der Waals surface area contributed by atoms with Gasteiger partial charge in [0, 0.05) is 24.0 Å². The quantitative estimate of drug-likeness (QED) is 0.349. The van der Waals surface area contributed by atoms with Crippen molar-refractivity contribution in [1.29, 1.82) is 0 Å². The highest BCUT2D eigenvalue weighted by atomic mass is 16.6. The molecule has 0 saturated heterocycles. The first-order valence-electron chi connectivity index (χ1n) is 13.5. The Morgan fingerprint density at radius 2 is 1.59 bits per heavy atom. The number of pyridine rings is 1. The third-order valence-corrected chi connectivity index (χ3v) is 6.99. The number of carboxylic acids is 1. The Bertz CT molecular complexity index is 1340. The van der Waals surface area contributed by atoms with Crippen LogP contribution in [-0.2, 0) is 16.0 Å². The van der Waals surface area contributed by atoms with Gasteiger partial charge >= 0.3 is 12.1 Å². The Balaban J connectivity index is 1.38. The molecule has 0 bridgehead atoms. The Kier molecular flexibility index (Phi) is 8.84. The molecule has 4 rings (SSSR count). The monoisotopic (exact) mass is 531 g/mol. The van der Waals surface area contributed by atoms with E-state index < -0.39 is 11.6 Å². The summed E-state index contributed by atoms with van der Waals surface area (Å²) in [6.07, 6.45) is 3.50. The topological polar surface area (TPSA) is 118 Å². The van der Waals surface area contributed by atoms with E-state index in [0.717, 1.165) is 36.6 Å². The second-order valence-corrected chi connectivity index (χ2v) is 11.3. The number of carbonyl (C=O) groups is 3. The molecule has 39 heavy (non-hydrogen) atoms. The summed E-state index contributed by atoms with van der Waals surface area (Å²) in [6.45, 7) is 6.74. The molecule has 1 fully saturated rings. The third kappa shape index (κ3) is 8.02. The summed E-state index contributed by atoms with van der Waals surface area (Å²) in [5, 5.41) is 15.9. The maximum atomic E-state index is 13.4. The molecular formula is C31H37N3O5. The van der Waals surface area contributed by atoms with Crippen molar-refractivity contribution in [2.45, 2.75) is 58.5 Å². The molecule has 2 aromatic carbocycles. The Morgan fingerprint density at radius 1 is 0.923 bits per heavy atom. The summed E-state index contributed by atoms with van der Waals surface area (Å²) in [5.74, 6) is -0.252. The highest BCUT2D eigenvalue weighted by Gasteiger charge is 2.24. The van der Waals surface area contributed by atoms with E-state index in [2.05, 4.69) is 10.6 Å². The molecule has 206 valence electrons. The van der Waals surface area contributed by atoms with Crippen LogP contribution in [0.25, 0.3) is 22.2 Å². The van der Waals surface area contributed by atoms with Gasteiger partial charge in [0.25, 0.3) is 5.91 Å². The number of amides is 2. The van der Waals surface area contributed by atoms with Gasteiger partial charge in [-0.15, -0.1) is 0 Å². The first-order chi connectivity index (χ1) is 18.6. The average molecular weight is 532 g/mol.